The zero-order valence-electron chi connectivity index (χ0n) is 15.4. The highest BCUT2D eigenvalue weighted by Gasteiger charge is 2.45. The predicted octanol–water partition coefficient (Wildman–Crippen LogP) is 2.62. The maximum Gasteiger partial charge on any atom is 0.418 e. The number of imide groups is 1. The Morgan fingerprint density at radius 2 is 1.79 bits per heavy atom. The number of para-hydroxylation sites is 2. The quantitative estimate of drug-likeness (QED) is 0.645. The summed E-state index contributed by atoms with van der Waals surface area (Å²) in [6, 6.07) is 11.8. The normalized spacial score (nSPS) is 17.5. The van der Waals surface area contributed by atoms with Crippen LogP contribution in [0.15, 0.2) is 54.7 Å². The van der Waals surface area contributed by atoms with Crippen LogP contribution in [0.4, 0.5) is 18.9 Å². The first-order valence-corrected chi connectivity index (χ1v) is 9.27. The van der Waals surface area contributed by atoms with Gasteiger partial charge in [0.15, 0.2) is 6.04 Å². The molecule has 2 amide bonds. The smallest absolute Gasteiger partial charge is 0.361 e. The number of nitrogens with two attached hydrogens (primary N) is 1. The maximum absolute atomic E-state index is 13.3. The molecule has 29 heavy (non-hydrogen) atoms. The van der Waals surface area contributed by atoms with Crippen LogP contribution in [0.1, 0.15) is 17.5 Å². The van der Waals surface area contributed by atoms with E-state index in [1.54, 1.807) is 5.32 Å². The van der Waals surface area contributed by atoms with Gasteiger partial charge in [-0.05, 0) is 23.8 Å². The summed E-state index contributed by atoms with van der Waals surface area (Å²) in [5.74, 6) is -1.22. The number of rotatable bonds is 5. The molecule has 1 saturated heterocycles. The van der Waals surface area contributed by atoms with E-state index >= 15 is 0 Å². The summed E-state index contributed by atoms with van der Waals surface area (Å²) in [4.78, 5) is 28.9. The van der Waals surface area contributed by atoms with E-state index in [2.05, 4.69) is 4.98 Å². The molecule has 0 radical (unpaired) electrons. The molecule has 0 saturated carbocycles. The summed E-state index contributed by atoms with van der Waals surface area (Å²) in [6.07, 6.45) is -2.18. The summed E-state index contributed by atoms with van der Waals surface area (Å²) in [5.41, 5.74) is 0.723. The van der Waals surface area contributed by atoms with Crippen LogP contribution in [-0.4, -0.2) is 29.4 Å². The van der Waals surface area contributed by atoms with E-state index in [0.717, 1.165) is 28.6 Å². The number of nitrogens with one attached hydrogen (secondary N) is 1. The Balaban J connectivity index is 1.47. The highest BCUT2D eigenvalue weighted by atomic mass is 19.4. The average Bonchev–Trinajstić information content (AvgIpc) is 3.22. The Bertz CT molecular complexity index is 1070. The Morgan fingerprint density at radius 1 is 1.07 bits per heavy atom. The average molecular weight is 402 g/mol. The maximum atomic E-state index is 13.3. The van der Waals surface area contributed by atoms with Gasteiger partial charge in [-0.2, -0.15) is 13.2 Å². The molecule has 1 fully saturated rings. The molecular formula is C21H19F3N3O2+. The fourth-order valence-electron chi connectivity index (χ4n) is 3.78. The summed E-state index contributed by atoms with van der Waals surface area (Å²) in [6.45, 7) is 0.542. The molecule has 8 heteroatoms. The van der Waals surface area contributed by atoms with Crippen LogP contribution in [-0.2, 0) is 22.2 Å². The Kier molecular flexibility index (Phi) is 4.87. The Morgan fingerprint density at radius 3 is 2.59 bits per heavy atom. The molecular weight excluding hydrogens is 383 g/mol. The summed E-state index contributed by atoms with van der Waals surface area (Å²) >= 11 is 0. The van der Waals surface area contributed by atoms with Gasteiger partial charge in [0, 0.05) is 23.5 Å². The number of halogens is 3. The second-order valence-corrected chi connectivity index (χ2v) is 7.03. The van der Waals surface area contributed by atoms with E-state index in [1.165, 1.54) is 12.1 Å². The van der Waals surface area contributed by atoms with Crippen LogP contribution in [0, 0.1) is 0 Å². The van der Waals surface area contributed by atoms with Gasteiger partial charge in [-0.15, -0.1) is 0 Å². The van der Waals surface area contributed by atoms with E-state index < -0.39 is 35.3 Å². The molecule has 1 aliphatic heterocycles. The third-order valence-corrected chi connectivity index (χ3v) is 5.17. The lowest BCUT2D eigenvalue weighted by molar-refractivity contribution is -0.674. The first-order valence-electron chi connectivity index (χ1n) is 9.27. The number of anilines is 1. The molecule has 5 nitrogen and oxygen atoms in total. The van der Waals surface area contributed by atoms with Crippen molar-refractivity contribution in [3.05, 3.63) is 65.9 Å². The SMILES string of the molecule is O=C1C[C@@H]([NH2+]CCc2c[nH]c3ccccc23)C(=O)N1c1ccccc1C(F)(F)F. The number of aromatic amines is 1. The standard InChI is InChI=1S/C21H18F3N3O2/c22-21(23,24)15-6-2-4-8-18(15)27-19(28)11-17(20(27)29)25-10-9-13-12-26-16-7-3-1-5-14(13)16/h1-8,12,17,25-26H,9-11H2/p+1/t17-/m1/s1. The van der Waals surface area contributed by atoms with Crippen LogP contribution in [0.5, 0.6) is 0 Å². The molecule has 0 aliphatic carbocycles. The van der Waals surface area contributed by atoms with Crippen molar-refractivity contribution >= 4 is 28.4 Å². The van der Waals surface area contributed by atoms with Crippen molar-refractivity contribution in [2.45, 2.75) is 25.1 Å². The summed E-state index contributed by atoms with van der Waals surface area (Å²) in [5, 5.41) is 2.83. The number of carbonyl (C=O) groups is 2. The fraction of sp³-hybridized carbons (Fsp3) is 0.238. The first-order chi connectivity index (χ1) is 13.9. The second kappa shape index (κ2) is 7.36. The van der Waals surface area contributed by atoms with Crippen molar-refractivity contribution in [1.29, 1.82) is 0 Å². The molecule has 2 heterocycles. The number of H-pyrrole nitrogens is 1. The molecule has 1 atom stereocenters. The molecule has 0 spiro atoms. The van der Waals surface area contributed by atoms with Gasteiger partial charge in [-0.3, -0.25) is 9.59 Å². The van der Waals surface area contributed by atoms with E-state index in [-0.39, 0.29) is 6.42 Å². The van der Waals surface area contributed by atoms with E-state index in [4.69, 9.17) is 0 Å². The molecule has 0 bridgehead atoms. The second-order valence-electron chi connectivity index (χ2n) is 7.03. The number of alkyl halides is 3. The van der Waals surface area contributed by atoms with Crippen LogP contribution >= 0.6 is 0 Å². The highest BCUT2D eigenvalue weighted by molar-refractivity contribution is 6.22. The van der Waals surface area contributed by atoms with Gasteiger partial charge in [0.2, 0.25) is 5.91 Å². The molecule has 0 unspecified atom stereocenters. The molecule has 3 N–H and O–H groups in total. The minimum absolute atomic E-state index is 0.112. The van der Waals surface area contributed by atoms with Gasteiger partial charge in [-0.1, -0.05) is 30.3 Å². The van der Waals surface area contributed by atoms with Crippen molar-refractivity contribution < 1.29 is 28.1 Å². The number of amides is 2. The first kappa shape index (κ1) is 19.2. The minimum Gasteiger partial charge on any atom is -0.361 e. The molecule has 150 valence electrons. The molecule has 2 aromatic carbocycles. The minimum atomic E-state index is -4.64. The number of hydrogen-bond acceptors (Lipinski definition) is 2. The number of carbonyl (C=O) groups excluding carboxylic acids is 2. The van der Waals surface area contributed by atoms with E-state index in [1.807, 2.05) is 30.5 Å². The Hall–Kier alpha value is -3.13. The van der Waals surface area contributed by atoms with Crippen LogP contribution in [0.3, 0.4) is 0 Å². The van der Waals surface area contributed by atoms with Gasteiger partial charge in [0.25, 0.3) is 5.91 Å². The fourth-order valence-corrected chi connectivity index (χ4v) is 3.78. The summed E-state index contributed by atoms with van der Waals surface area (Å²) < 4.78 is 39.8. The number of quaternary nitrogens is 1. The zero-order valence-corrected chi connectivity index (χ0v) is 15.4. The van der Waals surface area contributed by atoms with Crippen molar-refractivity contribution in [3.8, 4) is 0 Å². The van der Waals surface area contributed by atoms with Crippen molar-refractivity contribution in [2.24, 2.45) is 0 Å². The van der Waals surface area contributed by atoms with Crippen LogP contribution in [0.25, 0.3) is 10.9 Å². The summed E-state index contributed by atoms with van der Waals surface area (Å²) in [7, 11) is 0. The van der Waals surface area contributed by atoms with Crippen molar-refractivity contribution in [1.82, 2.24) is 4.98 Å². The van der Waals surface area contributed by atoms with E-state index in [0.29, 0.717) is 17.9 Å². The van der Waals surface area contributed by atoms with Gasteiger partial charge >= 0.3 is 6.18 Å². The Labute approximate surface area is 164 Å². The van der Waals surface area contributed by atoms with Crippen LogP contribution in [0.2, 0.25) is 0 Å². The number of nitrogens with zero attached hydrogens (tertiary/aromatic N) is 1. The lowest BCUT2D eigenvalue weighted by Gasteiger charge is -2.19. The third-order valence-electron chi connectivity index (χ3n) is 5.17. The van der Waals surface area contributed by atoms with Gasteiger partial charge in [0.1, 0.15) is 0 Å². The van der Waals surface area contributed by atoms with Gasteiger partial charge < -0.3 is 10.3 Å². The van der Waals surface area contributed by atoms with Crippen LogP contribution < -0.4 is 10.2 Å². The lowest BCUT2D eigenvalue weighted by atomic mass is 10.1. The molecule has 4 rings (SSSR count). The van der Waals surface area contributed by atoms with Gasteiger partial charge in [0.05, 0.1) is 24.2 Å². The molecule has 3 aromatic rings. The topological polar surface area (TPSA) is 69.8 Å². The third kappa shape index (κ3) is 3.63. The largest absolute Gasteiger partial charge is 0.418 e. The highest BCUT2D eigenvalue weighted by Crippen LogP contribution is 2.37. The molecule has 1 aliphatic rings. The number of aromatic nitrogens is 1. The van der Waals surface area contributed by atoms with Crippen molar-refractivity contribution in [2.75, 3.05) is 11.4 Å². The van der Waals surface area contributed by atoms with E-state index in [9.17, 15) is 22.8 Å². The lowest BCUT2D eigenvalue weighted by Crippen LogP contribution is -2.92. The zero-order chi connectivity index (χ0) is 20.6. The number of fused-ring (bicyclic) bond motifs is 1. The monoisotopic (exact) mass is 402 g/mol. The van der Waals surface area contributed by atoms with Gasteiger partial charge in [-0.25, -0.2) is 4.90 Å². The number of hydrogen-bond donors (Lipinski definition) is 2. The molecule has 1 aromatic heterocycles. The predicted molar refractivity (Wildman–Crippen MR) is 101 cm³/mol. The number of benzene rings is 2. The van der Waals surface area contributed by atoms with Crippen molar-refractivity contribution in [3.63, 3.8) is 0 Å².